The van der Waals surface area contributed by atoms with Gasteiger partial charge < -0.3 is 4.57 Å². The van der Waals surface area contributed by atoms with E-state index in [4.69, 9.17) is 0 Å². The number of benzene rings is 1. The summed E-state index contributed by atoms with van der Waals surface area (Å²) in [6, 6.07) is 7.24. The average Bonchev–Trinajstić information content (AvgIpc) is 2.82. The largest absolute Gasteiger partial charge is 0.326 e. The van der Waals surface area contributed by atoms with Crippen molar-refractivity contribution < 1.29 is 4.79 Å². The maximum absolute atomic E-state index is 10.6. The Morgan fingerprint density at radius 2 is 2.38 bits per heavy atom. The monoisotopic (exact) mass is 210 g/mol. The van der Waals surface area contributed by atoms with Gasteiger partial charge >= 0.3 is 0 Å². The number of imidazole rings is 1. The van der Waals surface area contributed by atoms with Crippen molar-refractivity contribution in [2.75, 3.05) is 0 Å². The van der Waals surface area contributed by atoms with Crippen LogP contribution < -0.4 is 0 Å². The number of carbonyl (C=O) groups is 1. The van der Waals surface area contributed by atoms with Crippen molar-refractivity contribution in [3.05, 3.63) is 54.1 Å². The Morgan fingerprint density at radius 1 is 1.44 bits per heavy atom. The van der Waals surface area contributed by atoms with E-state index >= 15 is 0 Å². The lowest BCUT2D eigenvalue weighted by Crippen LogP contribution is -1.90. The molecule has 1 aromatic carbocycles. The minimum absolute atomic E-state index is 0.602. The van der Waals surface area contributed by atoms with Gasteiger partial charge in [-0.25, -0.2) is 4.98 Å². The minimum Gasteiger partial charge on any atom is -0.326 e. The zero-order valence-electron chi connectivity index (χ0n) is 8.63. The molecule has 1 heterocycles. The zero-order chi connectivity index (χ0) is 11.2. The average molecular weight is 210 g/mol. The van der Waals surface area contributed by atoms with E-state index in [1.807, 2.05) is 22.9 Å². The van der Waals surface area contributed by atoms with Crippen LogP contribution in [0.15, 0.2) is 43.0 Å². The number of nitrogens with zero attached hydrogens (tertiary/aromatic N) is 2. The molecule has 0 spiro atoms. The van der Waals surface area contributed by atoms with Gasteiger partial charge in [0, 0.05) is 23.5 Å². The lowest BCUT2D eigenvalue weighted by molar-refractivity contribution is 0.112. The predicted molar refractivity (Wildman–Crippen MR) is 60.9 cm³/mol. The Hall–Kier alpha value is -2.34. The molecule has 3 nitrogen and oxygen atoms in total. The highest BCUT2D eigenvalue weighted by atomic mass is 16.1. The van der Waals surface area contributed by atoms with Crippen molar-refractivity contribution in [1.29, 1.82) is 0 Å². The molecule has 2 aromatic rings. The Kier molecular flexibility index (Phi) is 3.15. The van der Waals surface area contributed by atoms with Gasteiger partial charge in [-0.05, 0) is 12.1 Å². The Labute approximate surface area is 93.7 Å². The molecular weight excluding hydrogens is 200 g/mol. The van der Waals surface area contributed by atoms with E-state index in [0.717, 1.165) is 11.8 Å². The van der Waals surface area contributed by atoms with E-state index in [1.54, 1.807) is 24.7 Å². The fourth-order valence-corrected chi connectivity index (χ4v) is 1.30. The highest BCUT2D eigenvalue weighted by Crippen LogP contribution is 2.01. The van der Waals surface area contributed by atoms with Crippen LogP contribution in [0.2, 0.25) is 0 Å². The second-order valence-corrected chi connectivity index (χ2v) is 3.28. The summed E-state index contributed by atoms with van der Waals surface area (Å²) in [5, 5.41) is 0. The van der Waals surface area contributed by atoms with Crippen molar-refractivity contribution in [2.24, 2.45) is 0 Å². The summed E-state index contributed by atoms with van der Waals surface area (Å²) in [7, 11) is 0. The van der Waals surface area contributed by atoms with Crippen LogP contribution in [0.5, 0.6) is 0 Å². The van der Waals surface area contributed by atoms with Crippen molar-refractivity contribution in [3.8, 4) is 11.8 Å². The second-order valence-electron chi connectivity index (χ2n) is 3.28. The molecule has 0 radical (unpaired) electrons. The number of aldehydes is 1. The van der Waals surface area contributed by atoms with Crippen LogP contribution in [-0.4, -0.2) is 15.8 Å². The number of carbonyl (C=O) groups excluding carboxylic acids is 1. The number of hydrogen-bond acceptors (Lipinski definition) is 2. The quantitative estimate of drug-likeness (QED) is 0.559. The van der Waals surface area contributed by atoms with E-state index in [1.165, 1.54) is 0 Å². The van der Waals surface area contributed by atoms with Crippen LogP contribution in [0, 0.1) is 11.8 Å². The molecule has 0 aliphatic rings. The SMILES string of the molecule is O=Cc1cccc(C#CCn2ccnc2)c1. The van der Waals surface area contributed by atoms with Gasteiger partial charge in [-0.3, -0.25) is 4.79 Å². The third-order valence-corrected chi connectivity index (χ3v) is 2.08. The van der Waals surface area contributed by atoms with Crippen LogP contribution in [0.4, 0.5) is 0 Å². The second kappa shape index (κ2) is 4.94. The van der Waals surface area contributed by atoms with Gasteiger partial charge in [-0.15, -0.1) is 0 Å². The van der Waals surface area contributed by atoms with E-state index in [9.17, 15) is 4.79 Å². The minimum atomic E-state index is 0.602. The van der Waals surface area contributed by atoms with Gasteiger partial charge in [0.15, 0.2) is 0 Å². The van der Waals surface area contributed by atoms with Crippen molar-refractivity contribution in [1.82, 2.24) is 9.55 Å². The van der Waals surface area contributed by atoms with Gasteiger partial charge in [0.05, 0.1) is 12.9 Å². The molecule has 0 bridgehead atoms. The molecule has 0 aliphatic heterocycles. The highest BCUT2D eigenvalue weighted by Gasteiger charge is 1.90. The number of aromatic nitrogens is 2. The molecular formula is C13H10N2O. The lowest BCUT2D eigenvalue weighted by Gasteiger charge is -1.93. The smallest absolute Gasteiger partial charge is 0.150 e. The fourth-order valence-electron chi connectivity index (χ4n) is 1.30. The Balaban J connectivity index is 2.08. The first-order valence-corrected chi connectivity index (χ1v) is 4.88. The van der Waals surface area contributed by atoms with Crippen LogP contribution in [0.25, 0.3) is 0 Å². The zero-order valence-corrected chi connectivity index (χ0v) is 8.63. The van der Waals surface area contributed by atoms with Crippen LogP contribution >= 0.6 is 0 Å². The molecule has 0 unspecified atom stereocenters. The van der Waals surface area contributed by atoms with E-state index in [-0.39, 0.29) is 0 Å². The summed E-state index contributed by atoms with van der Waals surface area (Å²) in [5.74, 6) is 6.01. The van der Waals surface area contributed by atoms with Crippen LogP contribution in [-0.2, 0) is 6.54 Å². The maximum atomic E-state index is 10.6. The topological polar surface area (TPSA) is 34.9 Å². The van der Waals surface area contributed by atoms with Crippen LogP contribution in [0.3, 0.4) is 0 Å². The standard InChI is InChI=1S/C13H10N2O/c16-10-13-4-1-3-12(9-13)5-2-7-15-8-6-14-11-15/h1,3-4,6,8-11H,7H2. The third-order valence-electron chi connectivity index (χ3n) is 2.08. The Morgan fingerprint density at radius 3 is 3.12 bits per heavy atom. The highest BCUT2D eigenvalue weighted by molar-refractivity contribution is 5.75. The number of rotatable bonds is 2. The molecule has 0 N–H and O–H groups in total. The first kappa shape index (κ1) is 10.2. The van der Waals surface area contributed by atoms with Crippen molar-refractivity contribution in [3.63, 3.8) is 0 Å². The predicted octanol–water partition coefficient (Wildman–Crippen LogP) is 1.75. The molecule has 0 fully saturated rings. The molecule has 0 atom stereocenters. The molecule has 1 aromatic heterocycles. The molecule has 78 valence electrons. The molecule has 0 saturated carbocycles. The van der Waals surface area contributed by atoms with Crippen LogP contribution in [0.1, 0.15) is 15.9 Å². The fraction of sp³-hybridized carbons (Fsp3) is 0.0769. The van der Waals surface area contributed by atoms with Gasteiger partial charge in [0.1, 0.15) is 6.29 Å². The van der Waals surface area contributed by atoms with E-state index < -0.39 is 0 Å². The van der Waals surface area contributed by atoms with Crippen molar-refractivity contribution in [2.45, 2.75) is 6.54 Å². The van der Waals surface area contributed by atoms with E-state index in [2.05, 4.69) is 16.8 Å². The first-order chi connectivity index (χ1) is 7.88. The van der Waals surface area contributed by atoms with Gasteiger partial charge in [0.25, 0.3) is 0 Å². The summed E-state index contributed by atoms with van der Waals surface area (Å²) < 4.78 is 1.89. The lowest BCUT2D eigenvalue weighted by atomic mass is 10.1. The molecule has 16 heavy (non-hydrogen) atoms. The molecule has 3 heteroatoms. The summed E-state index contributed by atoms with van der Waals surface area (Å²) in [5.41, 5.74) is 1.50. The maximum Gasteiger partial charge on any atom is 0.150 e. The number of hydrogen-bond donors (Lipinski definition) is 0. The normalized spacial score (nSPS) is 9.25. The molecule has 0 aliphatic carbocycles. The molecule has 0 saturated heterocycles. The van der Waals surface area contributed by atoms with Gasteiger partial charge in [-0.2, -0.15) is 0 Å². The first-order valence-electron chi connectivity index (χ1n) is 4.88. The summed E-state index contributed by atoms with van der Waals surface area (Å²) in [6.45, 7) is 0.602. The summed E-state index contributed by atoms with van der Waals surface area (Å²) in [4.78, 5) is 14.5. The Bertz CT molecular complexity index is 533. The third kappa shape index (κ3) is 2.58. The van der Waals surface area contributed by atoms with E-state index in [0.29, 0.717) is 12.1 Å². The summed E-state index contributed by atoms with van der Waals surface area (Å²) in [6.07, 6.45) is 6.11. The van der Waals surface area contributed by atoms with Gasteiger partial charge in [0.2, 0.25) is 0 Å². The molecule has 2 rings (SSSR count). The van der Waals surface area contributed by atoms with Gasteiger partial charge in [-0.1, -0.05) is 24.0 Å². The molecule has 0 amide bonds. The summed E-state index contributed by atoms with van der Waals surface area (Å²) >= 11 is 0. The van der Waals surface area contributed by atoms with Crippen molar-refractivity contribution >= 4 is 6.29 Å².